The first-order chi connectivity index (χ1) is 14.9. The Balaban J connectivity index is 1.97. The van der Waals surface area contributed by atoms with Crippen molar-refractivity contribution in [3.05, 3.63) is 65.7 Å². The van der Waals surface area contributed by atoms with Gasteiger partial charge in [0, 0.05) is 12.5 Å². The summed E-state index contributed by atoms with van der Waals surface area (Å²) in [5, 5.41) is 39.7. The topological polar surface area (TPSA) is 123 Å². The Labute approximate surface area is 180 Å². The van der Waals surface area contributed by atoms with E-state index < -0.39 is 34.5 Å². The van der Waals surface area contributed by atoms with E-state index in [1.54, 1.807) is 31.2 Å². The summed E-state index contributed by atoms with van der Waals surface area (Å²) in [6.07, 6.45) is -0.852. The van der Waals surface area contributed by atoms with Crippen molar-refractivity contribution in [3.63, 3.8) is 0 Å². The van der Waals surface area contributed by atoms with E-state index in [1.165, 1.54) is 7.11 Å². The molecule has 2 aliphatic rings. The molecule has 2 saturated heterocycles. The molecule has 4 unspecified atom stereocenters. The van der Waals surface area contributed by atoms with Gasteiger partial charge in [0.15, 0.2) is 5.41 Å². The van der Waals surface area contributed by atoms with Gasteiger partial charge in [-0.15, -0.1) is 0 Å². The van der Waals surface area contributed by atoms with Crippen LogP contribution in [-0.4, -0.2) is 18.8 Å². The molecule has 2 aromatic carbocycles. The molecule has 4 rings (SSSR count). The van der Waals surface area contributed by atoms with Crippen LogP contribution >= 0.6 is 0 Å². The van der Waals surface area contributed by atoms with Gasteiger partial charge in [0.05, 0.1) is 31.2 Å². The number of ether oxygens (including phenoxy) is 3. The Morgan fingerprint density at radius 3 is 2.26 bits per heavy atom. The average molecular weight is 412 g/mol. The first-order valence-electron chi connectivity index (χ1n) is 9.79. The fraction of sp³-hybridized carbons (Fsp3) is 0.333. The van der Waals surface area contributed by atoms with Crippen molar-refractivity contribution in [3.8, 4) is 24.0 Å². The summed E-state index contributed by atoms with van der Waals surface area (Å²) in [6.45, 7) is 1.66. The maximum atomic E-state index is 10.4. The molecule has 154 valence electrons. The van der Waals surface area contributed by atoms with Crippen molar-refractivity contribution in [2.45, 2.75) is 25.2 Å². The first-order valence-corrected chi connectivity index (χ1v) is 9.79. The second-order valence-electron chi connectivity index (χ2n) is 7.88. The largest absolute Gasteiger partial charge is 0.496 e. The van der Waals surface area contributed by atoms with Gasteiger partial charge in [-0.05, 0) is 18.1 Å². The fourth-order valence-corrected chi connectivity index (χ4v) is 4.90. The number of nitrogens with one attached hydrogen (secondary N) is 1. The zero-order valence-corrected chi connectivity index (χ0v) is 17.1. The molecule has 2 heterocycles. The van der Waals surface area contributed by atoms with Crippen LogP contribution in [0.1, 0.15) is 24.2 Å². The Kier molecular flexibility index (Phi) is 4.69. The van der Waals surface area contributed by atoms with Gasteiger partial charge in [-0.1, -0.05) is 48.5 Å². The van der Waals surface area contributed by atoms with E-state index in [9.17, 15) is 15.8 Å². The normalized spacial score (nSPS) is 30.4. The number of nitrogens with zero attached hydrogens (tertiary/aromatic N) is 3. The van der Waals surface area contributed by atoms with Crippen molar-refractivity contribution in [2.24, 2.45) is 16.7 Å². The summed E-state index contributed by atoms with van der Waals surface area (Å²) in [4.78, 5) is 0. The molecule has 0 saturated carbocycles. The Hall–Kier alpha value is -3.86. The quantitative estimate of drug-likeness (QED) is 0.812. The van der Waals surface area contributed by atoms with E-state index in [1.807, 2.05) is 30.3 Å². The summed E-state index contributed by atoms with van der Waals surface area (Å²) < 4.78 is 17.6. The van der Waals surface area contributed by atoms with E-state index >= 15 is 0 Å². The first kappa shape index (κ1) is 20.4. The van der Waals surface area contributed by atoms with Crippen LogP contribution in [0.3, 0.4) is 0 Å². The minimum absolute atomic E-state index is 0.303. The molecule has 2 aromatic rings. The molecule has 0 amide bonds. The fourth-order valence-electron chi connectivity index (χ4n) is 4.90. The molecule has 0 aromatic heterocycles. The van der Waals surface area contributed by atoms with Gasteiger partial charge in [0.25, 0.3) is 0 Å². The third-order valence-corrected chi connectivity index (χ3v) is 6.42. The zero-order valence-electron chi connectivity index (χ0n) is 17.1. The van der Waals surface area contributed by atoms with Gasteiger partial charge in [0.1, 0.15) is 11.9 Å². The Bertz CT molecular complexity index is 1150. The molecule has 0 radical (unpaired) electrons. The SMILES string of the molecule is COc1ccccc1C1OC2(C)OC(=N)C(C#N)(C2Cc2ccccc2)C1(C#N)C#N. The molecule has 1 N–H and O–H groups in total. The molecule has 0 spiro atoms. The van der Waals surface area contributed by atoms with Crippen LogP contribution in [0.15, 0.2) is 54.6 Å². The highest BCUT2D eigenvalue weighted by Gasteiger charge is 2.79. The number of para-hydroxylation sites is 1. The number of benzene rings is 2. The standard InChI is InChI=1S/C24H20N4O3/c1-22-19(12-16-8-4-3-5-9-16)24(15-27,21(28)31-22)23(13-25,14-26)20(30-22)17-10-6-7-11-18(17)29-2/h3-11,19-20,28H,12H2,1-2H3. The van der Waals surface area contributed by atoms with Gasteiger partial charge in [-0.25, -0.2) is 0 Å². The minimum Gasteiger partial charge on any atom is -0.496 e. The van der Waals surface area contributed by atoms with Crippen LogP contribution in [-0.2, 0) is 15.9 Å². The number of hydrogen-bond acceptors (Lipinski definition) is 7. The van der Waals surface area contributed by atoms with E-state index in [-0.39, 0.29) is 0 Å². The van der Waals surface area contributed by atoms with E-state index in [4.69, 9.17) is 19.6 Å². The summed E-state index contributed by atoms with van der Waals surface area (Å²) in [6, 6.07) is 22.6. The number of nitriles is 3. The predicted molar refractivity (Wildman–Crippen MR) is 109 cm³/mol. The smallest absolute Gasteiger partial charge is 0.215 e. The van der Waals surface area contributed by atoms with Crippen molar-refractivity contribution in [1.82, 2.24) is 0 Å². The van der Waals surface area contributed by atoms with Crippen molar-refractivity contribution in [1.29, 1.82) is 21.2 Å². The molecular formula is C24H20N4O3. The molecule has 2 fully saturated rings. The highest BCUT2D eigenvalue weighted by atomic mass is 16.7. The summed E-state index contributed by atoms with van der Waals surface area (Å²) in [5.41, 5.74) is -2.51. The molecular weight excluding hydrogens is 392 g/mol. The third kappa shape index (κ3) is 2.56. The highest BCUT2D eigenvalue weighted by Crippen LogP contribution is 2.67. The lowest BCUT2D eigenvalue weighted by Crippen LogP contribution is -2.59. The summed E-state index contributed by atoms with van der Waals surface area (Å²) in [7, 11) is 1.48. The second-order valence-corrected chi connectivity index (χ2v) is 7.88. The van der Waals surface area contributed by atoms with E-state index in [0.717, 1.165) is 5.56 Å². The van der Waals surface area contributed by atoms with Gasteiger partial charge in [0.2, 0.25) is 17.1 Å². The van der Waals surface area contributed by atoms with Crippen LogP contribution in [0.5, 0.6) is 5.75 Å². The number of fused-ring (bicyclic) bond motifs is 2. The van der Waals surface area contributed by atoms with Crippen molar-refractivity contribution in [2.75, 3.05) is 7.11 Å². The molecule has 2 bridgehead atoms. The van der Waals surface area contributed by atoms with Crippen LogP contribution in [0.2, 0.25) is 0 Å². The van der Waals surface area contributed by atoms with E-state index in [0.29, 0.717) is 17.7 Å². The lowest BCUT2D eigenvalue weighted by Gasteiger charge is -2.49. The number of rotatable bonds is 4. The van der Waals surface area contributed by atoms with Gasteiger partial charge >= 0.3 is 0 Å². The average Bonchev–Trinajstić information content (AvgIpc) is 2.96. The molecule has 31 heavy (non-hydrogen) atoms. The zero-order chi connectivity index (χ0) is 22.3. The highest BCUT2D eigenvalue weighted by molar-refractivity contribution is 5.89. The van der Waals surface area contributed by atoms with Crippen molar-refractivity contribution >= 4 is 5.90 Å². The predicted octanol–water partition coefficient (Wildman–Crippen LogP) is 3.89. The van der Waals surface area contributed by atoms with E-state index in [2.05, 4.69) is 18.2 Å². The van der Waals surface area contributed by atoms with Crippen LogP contribution < -0.4 is 4.74 Å². The van der Waals surface area contributed by atoms with Crippen LogP contribution in [0.4, 0.5) is 0 Å². The number of hydrogen-bond donors (Lipinski definition) is 1. The monoisotopic (exact) mass is 412 g/mol. The Morgan fingerprint density at radius 1 is 1.00 bits per heavy atom. The third-order valence-electron chi connectivity index (χ3n) is 6.42. The molecule has 7 nitrogen and oxygen atoms in total. The van der Waals surface area contributed by atoms with Crippen LogP contribution in [0.25, 0.3) is 0 Å². The number of methoxy groups -OCH3 is 1. The summed E-state index contributed by atoms with van der Waals surface area (Å²) in [5.74, 6) is -2.12. The van der Waals surface area contributed by atoms with Gasteiger partial charge in [-0.3, -0.25) is 5.41 Å². The lowest BCUT2D eigenvalue weighted by molar-refractivity contribution is -0.272. The minimum atomic E-state index is -2.02. The molecule has 7 heteroatoms. The maximum Gasteiger partial charge on any atom is 0.215 e. The van der Waals surface area contributed by atoms with Crippen LogP contribution in [0, 0.1) is 56.2 Å². The molecule has 2 aliphatic heterocycles. The lowest BCUT2D eigenvalue weighted by atomic mass is 9.52. The maximum absolute atomic E-state index is 10.4. The van der Waals surface area contributed by atoms with Gasteiger partial charge in [-0.2, -0.15) is 15.8 Å². The second kappa shape index (κ2) is 7.13. The molecule has 0 aliphatic carbocycles. The Morgan fingerprint density at radius 2 is 1.65 bits per heavy atom. The molecule has 4 atom stereocenters. The summed E-state index contributed by atoms with van der Waals surface area (Å²) >= 11 is 0. The van der Waals surface area contributed by atoms with Gasteiger partial charge < -0.3 is 14.2 Å². The van der Waals surface area contributed by atoms with Crippen molar-refractivity contribution < 1.29 is 14.2 Å².